The zero-order valence-corrected chi connectivity index (χ0v) is 26.1. The Hall–Kier alpha value is -4.92. The first-order valence-electron chi connectivity index (χ1n) is 14.8. The van der Waals surface area contributed by atoms with Gasteiger partial charge in [0.15, 0.2) is 22.6 Å². The minimum atomic E-state index is -4.60. The minimum absolute atomic E-state index is 0.00670. The van der Waals surface area contributed by atoms with Crippen molar-refractivity contribution in [3.8, 4) is 11.5 Å². The van der Waals surface area contributed by atoms with Gasteiger partial charge in [-0.2, -0.15) is 13.2 Å². The maximum Gasteiger partial charge on any atom is 0.416 e. The largest absolute Gasteiger partial charge is 0.505 e. The van der Waals surface area contributed by atoms with E-state index in [1.165, 1.54) is 12.4 Å². The predicted molar refractivity (Wildman–Crippen MR) is 166 cm³/mol. The highest BCUT2D eigenvalue weighted by Crippen LogP contribution is 2.35. The first-order valence-corrected chi connectivity index (χ1v) is 15.2. The van der Waals surface area contributed by atoms with Crippen LogP contribution in [-0.4, -0.2) is 74.1 Å². The van der Waals surface area contributed by atoms with Crippen molar-refractivity contribution in [3.05, 3.63) is 74.0 Å². The molecule has 2 amide bonds. The summed E-state index contributed by atoms with van der Waals surface area (Å²) in [7, 11) is 0. The van der Waals surface area contributed by atoms with Crippen molar-refractivity contribution in [2.75, 3.05) is 43.0 Å². The smallest absolute Gasteiger partial charge is 0.416 e. The first-order chi connectivity index (χ1) is 22.4. The van der Waals surface area contributed by atoms with Crippen LogP contribution < -0.4 is 20.4 Å². The number of hydrogen-bond donors (Lipinski definition) is 2. The van der Waals surface area contributed by atoms with Gasteiger partial charge >= 0.3 is 6.18 Å². The summed E-state index contributed by atoms with van der Waals surface area (Å²) in [5.41, 5.74) is 0.673. The molecule has 3 aromatic heterocycles. The molecular weight excluding hydrogens is 643 g/mol. The number of carbonyl (C=O) groups is 2. The topological polar surface area (TPSA) is 143 Å². The third kappa shape index (κ3) is 6.02. The number of ether oxygens (including phenoxy) is 1. The van der Waals surface area contributed by atoms with Gasteiger partial charge < -0.3 is 29.5 Å². The lowest BCUT2D eigenvalue weighted by molar-refractivity contribution is -0.137. The Morgan fingerprint density at radius 3 is 2.55 bits per heavy atom. The van der Waals surface area contributed by atoms with Crippen molar-refractivity contribution in [2.24, 2.45) is 0 Å². The van der Waals surface area contributed by atoms with Gasteiger partial charge in [-0.1, -0.05) is 18.5 Å². The normalized spacial score (nSPS) is 14.7. The van der Waals surface area contributed by atoms with Crippen LogP contribution in [0.4, 0.5) is 24.5 Å². The minimum Gasteiger partial charge on any atom is -0.505 e. The molecule has 246 valence electrons. The van der Waals surface area contributed by atoms with Crippen LogP contribution in [-0.2, 0) is 30.4 Å². The quantitative estimate of drug-likeness (QED) is 0.311. The highest BCUT2D eigenvalue weighted by Gasteiger charge is 2.33. The second-order valence-corrected chi connectivity index (χ2v) is 11.6. The Kier molecular flexibility index (Phi) is 8.42. The molecule has 2 aliphatic heterocycles. The molecule has 0 unspecified atom stereocenters. The number of aromatic hydroxyl groups is 1. The van der Waals surface area contributed by atoms with Crippen molar-refractivity contribution < 1.29 is 32.6 Å². The molecule has 2 aliphatic rings. The third-order valence-electron chi connectivity index (χ3n) is 8.18. The fourth-order valence-electron chi connectivity index (χ4n) is 5.88. The number of fused-ring (bicyclic) bond motifs is 2. The molecule has 47 heavy (non-hydrogen) atoms. The molecule has 4 aromatic rings. The number of halogens is 4. The number of benzene rings is 1. The molecule has 0 aliphatic carbocycles. The number of hydrogen-bond acceptors (Lipinski definition) is 9. The van der Waals surface area contributed by atoms with E-state index in [1.807, 2.05) is 11.8 Å². The van der Waals surface area contributed by atoms with E-state index < -0.39 is 23.6 Å². The summed E-state index contributed by atoms with van der Waals surface area (Å²) in [6.45, 7) is 4.55. The lowest BCUT2D eigenvalue weighted by atomic mass is 10.1. The van der Waals surface area contributed by atoms with Crippen molar-refractivity contribution in [1.29, 1.82) is 0 Å². The summed E-state index contributed by atoms with van der Waals surface area (Å²) in [4.78, 5) is 56.9. The number of pyridine rings is 2. The molecule has 1 aromatic carbocycles. The van der Waals surface area contributed by atoms with Crippen molar-refractivity contribution >= 4 is 46.0 Å². The highest BCUT2D eigenvalue weighted by molar-refractivity contribution is 6.33. The number of anilines is 2. The molecule has 16 heteroatoms. The van der Waals surface area contributed by atoms with Gasteiger partial charge in [0.05, 0.1) is 34.8 Å². The van der Waals surface area contributed by atoms with Crippen LogP contribution in [0.3, 0.4) is 0 Å². The number of nitrogens with zero attached hydrogens (tertiary/aromatic N) is 6. The molecule has 0 atom stereocenters. The Bertz CT molecular complexity index is 1980. The molecule has 1 fully saturated rings. The fraction of sp³-hybridized carbons (Fsp3) is 0.355. The zero-order chi connectivity index (χ0) is 33.6. The lowest BCUT2D eigenvalue weighted by Gasteiger charge is -2.37. The molecule has 12 nitrogen and oxygen atoms in total. The van der Waals surface area contributed by atoms with Gasteiger partial charge in [-0.3, -0.25) is 14.4 Å². The Morgan fingerprint density at radius 2 is 1.87 bits per heavy atom. The predicted octanol–water partition coefficient (Wildman–Crippen LogP) is 3.97. The van der Waals surface area contributed by atoms with E-state index in [2.05, 4.69) is 20.3 Å². The molecule has 0 bridgehead atoms. The van der Waals surface area contributed by atoms with Gasteiger partial charge in [-0.25, -0.2) is 15.0 Å². The monoisotopic (exact) mass is 671 g/mol. The third-order valence-corrected chi connectivity index (χ3v) is 8.49. The number of amides is 2. The second-order valence-electron chi connectivity index (χ2n) is 11.2. The van der Waals surface area contributed by atoms with Crippen LogP contribution in [0.15, 0.2) is 35.4 Å². The molecule has 5 heterocycles. The van der Waals surface area contributed by atoms with E-state index in [-0.39, 0.29) is 71.5 Å². The number of aryl methyl sites for hydroxylation is 1. The Morgan fingerprint density at radius 1 is 1.13 bits per heavy atom. The van der Waals surface area contributed by atoms with Crippen LogP contribution in [0, 0.1) is 6.92 Å². The number of carbonyl (C=O) groups excluding carboxylic acids is 2. The number of nitrogens with one attached hydrogen (secondary N) is 1. The molecule has 6 rings (SSSR count). The Labute approximate surface area is 270 Å². The summed E-state index contributed by atoms with van der Waals surface area (Å²) in [5, 5.41) is 13.0. The van der Waals surface area contributed by atoms with Crippen molar-refractivity contribution in [1.82, 2.24) is 24.4 Å². The molecule has 0 saturated carbocycles. The zero-order valence-electron chi connectivity index (χ0n) is 25.3. The van der Waals surface area contributed by atoms with E-state index in [4.69, 9.17) is 16.3 Å². The second kappa shape index (κ2) is 12.4. The van der Waals surface area contributed by atoms with Crippen LogP contribution >= 0.6 is 11.6 Å². The molecular formula is C31H29ClF3N7O5. The molecule has 1 saturated heterocycles. The molecule has 0 spiro atoms. The van der Waals surface area contributed by atoms with E-state index >= 15 is 0 Å². The van der Waals surface area contributed by atoms with Crippen LogP contribution in [0.5, 0.6) is 11.5 Å². The maximum atomic E-state index is 13.9. The van der Waals surface area contributed by atoms with Gasteiger partial charge in [0.1, 0.15) is 18.0 Å². The van der Waals surface area contributed by atoms with E-state index in [9.17, 15) is 32.7 Å². The summed E-state index contributed by atoms with van der Waals surface area (Å²) >= 11 is 6.07. The first kappa shape index (κ1) is 32.0. The van der Waals surface area contributed by atoms with Crippen LogP contribution in [0.1, 0.15) is 39.9 Å². The van der Waals surface area contributed by atoms with Gasteiger partial charge in [0.25, 0.3) is 5.91 Å². The molecule has 2 N–H and O–H groups in total. The number of rotatable bonds is 6. The van der Waals surface area contributed by atoms with Crippen LogP contribution in [0.2, 0.25) is 5.02 Å². The number of alkyl halides is 3. The van der Waals surface area contributed by atoms with Crippen molar-refractivity contribution in [3.63, 3.8) is 0 Å². The van der Waals surface area contributed by atoms with Gasteiger partial charge in [-0.15, -0.1) is 0 Å². The Balaban J connectivity index is 1.28. The highest BCUT2D eigenvalue weighted by atomic mass is 35.5. The SMILES string of the molecule is CCc1c(N2CCN(C(=O)c3ncc4c(c3O)CCO4)CC2)c(=O)c2ncc(C)nc2n1CC(=O)Nc1ccc(C(F)(F)F)cc1Cl. The van der Waals surface area contributed by atoms with E-state index in [0.29, 0.717) is 47.8 Å². The average molecular weight is 672 g/mol. The van der Waals surface area contributed by atoms with E-state index in [1.54, 1.807) is 16.4 Å². The number of piperazine rings is 1. The summed E-state index contributed by atoms with van der Waals surface area (Å²) in [6, 6.07) is 2.63. The van der Waals surface area contributed by atoms with Gasteiger partial charge in [0, 0.05) is 50.1 Å². The fourth-order valence-corrected chi connectivity index (χ4v) is 6.11. The number of aromatic nitrogens is 4. The summed E-state index contributed by atoms with van der Waals surface area (Å²) < 4.78 is 46.3. The van der Waals surface area contributed by atoms with Crippen LogP contribution in [0.25, 0.3) is 11.2 Å². The summed E-state index contributed by atoms with van der Waals surface area (Å²) in [6.07, 6.45) is -0.926. The molecule has 0 radical (unpaired) electrons. The van der Waals surface area contributed by atoms with Gasteiger partial charge in [0.2, 0.25) is 11.3 Å². The van der Waals surface area contributed by atoms with Gasteiger partial charge in [-0.05, 0) is 31.5 Å². The average Bonchev–Trinajstić information content (AvgIpc) is 3.53. The maximum absolute atomic E-state index is 13.9. The van der Waals surface area contributed by atoms with E-state index in [0.717, 1.165) is 18.2 Å². The standard InChI is InChI=1S/C31H29ClF3N7O5/c1-3-21-26(40-7-9-41(10-8-40)30(46)25-27(44)18-6-11-47-22(18)14-37-25)28(45)24-29(38-16(2)13-36-24)42(21)15-23(43)39-20-5-4-17(12-19(20)32)31(33,34)35/h4-5,12-14,44H,3,6-11,15H2,1-2H3,(H,39,43). The summed E-state index contributed by atoms with van der Waals surface area (Å²) in [5.74, 6) is -0.785. The lowest BCUT2D eigenvalue weighted by Crippen LogP contribution is -2.50. The van der Waals surface area contributed by atoms with Crippen molar-refractivity contribution in [2.45, 2.75) is 39.4 Å².